The van der Waals surface area contributed by atoms with Crippen LogP contribution in [0.1, 0.15) is 27.0 Å². The number of piperazine rings is 1. The molecule has 2 saturated heterocycles. The second-order valence-corrected chi connectivity index (χ2v) is 10.3. The maximum atomic E-state index is 14.0. The molecule has 3 aromatic carbocycles. The Morgan fingerprint density at radius 1 is 0.929 bits per heavy atom. The molecule has 0 bridgehead atoms. The highest BCUT2D eigenvalue weighted by molar-refractivity contribution is 5.92. The van der Waals surface area contributed by atoms with E-state index in [9.17, 15) is 24.3 Å². The van der Waals surface area contributed by atoms with Crippen LogP contribution in [-0.4, -0.2) is 80.6 Å². The highest BCUT2D eigenvalue weighted by atomic mass is 16.4. The number of amides is 4. The monoisotopic (exact) mass is 567 g/mol. The summed E-state index contributed by atoms with van der Waals surface area (Å²) < 4.78 is 0. The van der Waals surface area contributed by atoms with E-state index in [0.717, 1.165) is 11.1 Å². The molecule has 2 aliphatic heterocycles. The zero-order valence-electron chi connectivity index (χ0n) is 23.1. The molecule has 4 amide bonds. The number of carbonyl (C=O) groups is 4. The molecule has 0 spiro atoms. The number of nitrogens with one attached hydrogen (secondary N) is 1. The summed E-state index contributed by atoms with van der Waals surface area (Å²) in [6.45, 7) is 4.46. The Bertz CT molecular complexity index is 1460. The van der Waals surface area contributed by atoms with Crippen molar-refractivity contribution in [1.29, 1.82) is 0 Å². The lowest BCUT2D eigenvalue weighted by molar-refractivity contribution is -0.189. The van der Waals surface area contributed by atoms with Gasteiger partial charge in [-0.05, 0) is 28.8 Å². The van der Waals surface area contributed by atoms with Gasteiger partial charge in [-0.3, -0.25) is 9.59 Å². The van der Waals surface area contributed by atoms with E-state index in [1.807, 2.05) is 60.7 Å². The molecular formula is C32H33N5O5. The molecule has 10 heteroatoms. The van der Waals surface area contributed by atoms with E-state index >= 15 is 0 Å². The maximum Gasteiger partial charge on any atom is 0.335 e. The predicted molar refractivity (Wildman–Crippen MR) is 156 cm³/mol. The van der Waals surface area contributed by atoms with Gasteiger partial charge in [-0.25, -0.2) is 19.6 Å². The molecule has 10 nitrogen and oxygen atoms in total. The number of fused-ring (bicyclic) bond motifs is 1. The summed E-state index contributed by atoms with van der Waals surface area (Å²) in [5.74, 6) is -1.57. The molecule has 0 aliphatic carbocycles. The number of rotatable bonds is 9. The number of urea groups is 1. The van der Waals surface area contributed by atoms with Crippen molar-refractivity contribution in [3.05, 3.63) is 120 Å². The topological polar surface area (TPSA) is 114 Å². The first-order chi connectivity index (χ1) is 20.4. The standard InChI is InChI=1S/C32H33N5O5/c1-2-16-35-22-29(38)36-27(18-23-10-5-3-6-11-23)30(39)34(20-25-14-9-15-26(17-25)31(40)41)21-28(36)37(35)32(42)33-19-24-12-7-4-8-13-24/h2-15,17,27-28H,1,16,18-22H2,(H,33,42)(H,40,41)/t27-,28-/m0/s1. The second kappa shape index (κ2) is 12.7. The van der Waals surface area contributed by atoms with Crippen molar-refractivity contribution in [2.45, 2.75) is 31.7 Å². The quantitative estimate of drug-likeness (QED) is 0.384. The smallest absolute Gasteiger partial charge is 0.335 e. The molecule has 2 atom stereocenters. The van der Waals surface area contributed by atoms with Gasteiger partial charge in [-0.2, -0.15) is 0 Å². The lowest BCUT2D eigenvalue weighted by atomic mass is 9.98. The third-order valence-electron chi connectivity index (χ3n) is 7.48. The summed E-state index contributed by atoms with van der Waals surface area (Å²) in [5.41, 5.74) is 2.56. The van der Waals surface area contributed by atoms with Gasteiger partial charge in [0.2, 0.25) is 11.8 Å². The fourth-order valence-corrected chi connectivity index (χ4v) is 5.56. The summed E-state index contributed by atoms with van der Waals surface area (Å²) in [6.07, 6.45) is 1.12. The fraction of sp³-hybridized carbons (Fsp3) is 0.250. The summed E-state index contributed by atoms with van der Waals surface area (Å²) in [5, 5.41) is 15.6. The Morgan fingerprint density at radius 3 is 2.26 bits per heavy atom. The number of hydrogen-bond acceptors (Lipinski definition) is 5. The summed E-state index contributed by atoms with van der Waals surface area (Å²) in [7, 11) is 0. The van der Waals surface area contributed by atoms with Crippen molar-refractivity contribution >= 4 is 23.8 Å². The van der Waals surface area contributed by atoms with Crippen molar-refractivity contribution in [2.24, 2.45) is 0 Å². The summed E-state index contributed by atoms with van der Waals surface area (Å²) in [6, 6.07) is 24.1. The normalized spacial score (nSPS) is 18.9. The highest BCUT2D eigenvalue weighted by Gasteiger charge is 2.51. The third kappa shape index (κ3) is 6.18. The van der Waals surface area contributed by atoms with Crippen LogP contribution in [0.2, 0.25) is 0 Å². The second-order valence-electron chi connectivity index (χ2n) is 10.3. The summed E-state index contributed by atoms with van der Waals surface area (Å²) in [4.78, 5) is 56.2. The molecule has 5 rings (SSSR count). The number of nitrogens with zero attached hydrogens (tertiary/aromatic N) is 4. The van der Waals surface area contributed by atoms with Gasteiger partial charge in [0.15, 0.2) is 0 Å². The first kappa shape index (κ1) is 28.6. The molecular weight excluding hydrogens is 534 g/mol. The van der Waals surface area contributed by atoms with Crippen molar-refractivity contribution in [3.8, 4) is 0 Å². The van der Waals surface area contributed by atoms with Gasteiger partial charge in [-0.15, -0.1) is 6.58 Å². The van der Waals surface area contributed by atoms with E-state index in [0.29, 0.717) is 5.56 Å². The Morgan fingerprint density at radius 2 is 1.60 bits per heavy atom. The van der Waals surface area contributed by atoms with Crippen molar-refractivity contribution in [1.82, 2.24) is 25.1 Å². The van der Waals surface area contributed by atoms with Crippen LogP contribution in [0, 0.1) is 0 Å². The average Bonchev–Trinajstić information content (AvgIpc) is 2.99. The van der Waals surface area contributed by atoms with Crippen LogP contribution in [0.15, 0.2) is 97.6 Å². The van der Waals surface area contributed by atoms with E-state index in [1.165, 1.54) is 17.1 Å². The molecule has 0 saturated carbocycles. The van der Waals surface area contributed by atoms with E-state index in [-0.39, 0.29) is 56.5 Å². The number of carboxylic acids is 1. The lowest BCUT2D eigenvalue weighted by Gasteiger charge is -2.55. The minimum Gasteiger partial charge on any atom is -0.478 e. The molecule has 2 fully saturated rings. The average molecular weight is 568 g/mol. The van der Waals surface area contributed by atoms with E-state index < -0.39 is 24.2 Å². The van der Waals surface area contributed by atoms with Crippen LogP contribution in [0.25, 0.3) is 0 Å². The van der Waals surface area contributed by atoms with Crippen molar-refractivity contribution in [3.63, 3.8) is 0 Å². The van der Waals surface area contributed by atoms with Gasteiger partial charge >= 0.3 is 12.0 Å². The Labute approximate surface area is 244 Å². The lowest BCUT2D eigenvalue weighted by Crippen LogP contribution is -2.76. The van der Waals surface area contributed by atoms with Gasteiger partial charge in [0, 0.05) is 26.1 Å². The van der Waals surface area contributed by atoms with Crippen LogP contribution in [0.3, 0.4) is 0 Å². The molecule has 3 aromatic rings. The Balaban J connectivity index is 1.49. The van der Waals surface area contributed by atoms with Crippen molar-refractivity contribution < 1.29 is 24.3 Å². The number of carbonyl (C=O) groups excluding carboxylic acids is 3. The maximum absolute atomic E-state index is 14.0. The molecule has 2 aliphatic rings. The van der Waals surface area contributed by atoms with Gasteiger partial charge < -0.3 is 20.2 Å². The van der Waals surface area contributed by atoms with E-state index in [1.54, 1.807) is 33.0 Å². The Hall–Kier alpha value is -4.96. The molecule has 216 valence electrons. The minimum atomic E-state index is -1.06. The number of aromatic carboxylic acids is 1. The van der Waals surface area contributed by atoms with Gasteiger partial charge in [-0.1, -0.05) is 78.9 Å². The fourth-order valence-electron chi connectivity index (χ4n) is 5.56. The van der Waals surface area contributed by atoms with Gasteiger partial charge in [0.1, 0.15) is 12.2 Å². The SMILES string of the molecule is C=CCN1CC(=O)N2[C@@H](Cc3ccccc3)C(=O)N(Cc3cccc(C(=O)O)c3)C[C@@H]2N1C(=O)NCc1ccccc1. The number of hydrogen-bond donors (Lipinski definition) is 2. The summed E-state index contributed by atoms with van der Waals surface area (Å²) >= 11 is 0. The molecule has 2 heterocycles. The highest BCUT2D eigenvalue weighted by Crippen LogP contribution is 2.29. The minimum absolute atomic E-state index is 0.0551. The van der Waals surface area contributed by atoms with Crippen LogP contribution < -0.4 is 5.32 Å². The predicted octanol–water partition coefficient (Wildman–Crippen LogP) is 3.12. The number of carboxylic acid groups (broad SMARTS) is 1. The first-order valence-corrected chi connectivity index (χ1v) is 13.8. The largest absolute Gasteiger partial charge is 0.478 e. The van der Waals surface area contributed by atoms with Crippen LogP contribution in [-0.2, 0) is 29.1 Å². The molecule has 0 radical (unpaired) electrons. The zero-order chi connectivity index (χ0) is 29.6. The van der Waals surface area contributed by atoms with E-state index in [4.69, 9.17) is 0 Å². The number of benzene rings is 3. The first-order valence-electron chi connectivity index (χ1n) is 13.8. The van der Waals surface area contributed by atoms with Gasteiger partial charge in [0.25, 0.3) is 0 Å². The van der Waals surface area contributed by atoms with Crippen LogP contribution in [0.5, 0.6) is 0 Å². The van der Waals surface area contributed by atoms with Crippen LogP contribution in [0.4, 0.5) is 4.79 Å². The van der Waals surface area contributed by atoms with Crippen molar-refractivity contribution in [2.75, 3.05) is 19.6 Å². The zero-order valence-corrected chi connectivity index (χ0v) is 23.1. The van der Waals surface area contributed by atoms with Gasteiger partial charge in [0.05, 0.1) is 18.7 Å². The third-order valence-corrected chi connectivity index (χ3v) is 7.48. The molecule has 42 heavy (non-hydrogen) atoms. The molecule has 0 aromatic heterocycles. The molecule has 2 N–H and O–H groups in total. The number of hydrazine groups is 1. The van der Waals surface area contributed by atoms with Crippen LogP contribution >= 0.6 is 0 Å². The Kier molecular flexibility index (Phi) is 8.63. The molecule has 0 unspecified atom stereocenters. The van der Waals surface area contributed by atoms with E-state index in [2.05, 4.69) is 11.9 Å².